The summed E-state index contributed by atoms with van der Waals surface area (Å²) in [6.07, 6.45) is 2.57. The highest BCUT2D eigenvalue weighted by Crippen LogP contribution is 2.53. The van der Waals surface area contributed by atoms with Crippen LogP contribution in [0, 0.1) is 5.92 Å². The Balaban J connectivity index is 2.06. The first-order valence-corrected chi connectivity index (χ1v) is 7.77. The van der Waals surface area contributed by atoms with Crippen LogP contribution < -0.4 is 0 Å². The molecule has 1 nitrogen and oxygen atoms in total. The maximum atomic E-state index is 2.61. The predicted octanol–water partition coefficient (Wildman–Crippen LogP) is 4.81. The SMILES string of the molecule is CC(C)C(C)N(C)C1(c2cccc3ccccc23)CC1. The lowest BCUT2D eigenvalue weighted by Gasteiger charge is -2.36. The van der Waals surface area contributed by atoms with Crippen LogP contribution in [0.1, 0.15) is 39.2 Å². The number of fused-ring (bicyclic) bond motifs is 1. The molecule has 0 heterocycles. The second-order valence-electron chi connectivity index (χ2n) is 6.65. The molecular formula is C19H25N. The van der Waals surface area contributed by atoms with Crippen LogP contribution in [0.15, 0.2) is 42.5 Å². The fraction of sp³-hybridized carbons (Fsp3) is 0.474. The van der Waals surface area contributed by atoms with Gasteiger partial charge in [0.15, 0.2) is 0 Å². The lowest BCUT2D eigenvalue weighted by molar-refractivity contribution is 0.131. The Morgan fingerprint density at radius 3 is 2.25 bits per heavy atom. The minimum absolute atomic E-state index is 0.268. The highest BCUT2D eigenvalue weighted by Gasteiger charge is 2.50. The molecule has 106 valence electrons. The van der Waals surface area contributed by atoms with Gasteiger partial charge in [0.1, 0.15) is 0 Å². The van der Waals surface area contributed by atoms with Gasteiger partial charge in [0, 0.05) is 11.6 Å². The highest BCUT2D eigenvalue weighted by atomic mass is 15.2. The summed E-state index contributed by atoms with van der Waals surface area (Å²) in [7, 11) is 2.30. The Kier molecular flexibility index (Phi) is 3.33. The molecule has 3 rings (SSSR count). The molecule has 1 aliphatic carbocycles. The third kappa shape index (κ3) is 2.05. The average molecular weight is 267 g/mol. The maximum Gasteiger partial charge on any atom is 0.0468 e. The van der Waals surface area contributed by atoms with Crippen LogP contribution in [-0.4, -0.2) is 18.0 Å². The Morgan fingerprint density at radius 1 is 0.950 bits per heavy atom. The van der Waals surface area contributed by atoms with Crippen molar-refractivity contribution in [2.45, 2.75) is 45.2 Å². The maximum absolute atomic E-state index is 2.61. The van der Waals surface area contributed by atoms with Gasteiger partial charge >= 0.3 is 0 Å². The topological polar surface area (TPSA) is 3.24 Å². The Hall–Kier alpha value is -1.34. The normalized spacial score (nSPS) is 18.7. The molecule has 2 aromatic rings. The van der Waals surface area contributed by atoms with Gasteiger partial charge in [0.2, 0.25) is 0 Å². The molecule has 1 fully saturated rings. The molecule has 0 amide bonds. The van der Waals surface area contributed by atoms with Gasteiger partial charge in [-0.3, -0.25) is 4.90 Å². The summed E-state index contributed by atoms with van der Waals surface area (Å²) in [6, 6.07) is 16.2. The van der Waals surface area contributed by atoms with Gasteiger partial charge < -0.3 is 0 Å². The molecule has 0 aliphatic heterocycles. The van der Waals surface area contributed by atoms with Crippen LogP contribution in [0.25, 0.3) is 10.8 Å². The fourth-order valence-electron chi connectivity index (χ4n) is 3.40. The summed E-state index contributed by atoms with van der Waals surface area (Å²) in [5.41, 5.74) is 1.79. The van der Waals surface area contributed by atoms with Gasteiger partial charge in [-0.25, -0.2) is 0 Å². The van der Waals surface area contributed by atoms with Crippen molar-refractivity contribution in [2.75, 3.05) is 7.05 Å². The lowest BCUT2D eigenvalue weighted by Crippen LogP contribution is -2.41. The van der Waals surface area contributed by atoms with Crippen LogP contribution in [0.5, 0.6) is 0 Å². The van der Waals surface area contributed by atoms with E-state index in [1.807, 2.05) is 0 Å². The minimum atomic E-state index is 0.268. The number of nitrogens with zero attached hydrogens (tertiary/aromatic N) is 1. The van der Waals surface area contributed by atoms with Crippen LogP contribution in [0.2, 0.25) is 0 Å². The van der Waals surface area contributed by atoms with Crippen molar-refractivity contribution in [3.63, 3.8) is 0 Å². The van der Waals surface area contributed by atoms with Crippen molar-refractivity contribution in [3.8, 4) is 0 Å². The molecule has 1 aliphatic rings. The smallest absolute Gasteiger partial charge is 0.0468 e. The monoisotopic (exact) mass is 267 g/mol. The first-order chi connectivity index (χ1) is 9.56. The van der Waals surface area contributed by atoms with E-state index < -0.39 is 0 Å². The van der Waals surface area contributed by atoms with E-state index in [1.54, 1.807) is 0 Å². The molecular weight excluding hydrogens is 242 g/mol. The van der Waals surface area contributed by atoms with Gasteiger partial charge in [-0.15, -0.1) is 0 Å². The van der Waals surface area contributed by atoms with Crippen LogP contribution in [0.3, 0.4) is 0 Å². The van der Waals surface area contributed by atoms with Gasteiger partial charge in [-0.2, -0.15) is 0 Å². The molecule has 0 N–H and O–H groups in total. The third-order valence-corrected chi connectivity index (χ3v) is 5.27. The van der Waals surface area contributed by atoms with E-state index in [1.165, 1.54) is 29.2 Å². The molecule has 0 aromatic heterocycles. The summed E-state index contributed by atoms with van der Waals surface area (Å²) in [5.74, 6) is 0.687. The van der Waals surface area contributed by atoms with Crippen LogP contribution in [0.4, 0.5) is 0 Å². The van der Waals surface area contributed by atoms with Crippen molar-refractivity contribution in [2.24, 2.45) is 5.92 Å². The molecule has 1 atom stereocenters. The van der Waals surface area contributed by atoms with E-state index in [-0.39, 0.29) is 5.54 Å². The van der Waals surface area contributed by atoms with E-state index >= 15 is 0 Å². The summed E-state index contributed by atoms with van der Waals surface area (Å²) in [6.45, 7) is 7.00. The number of rotatable bonds is 4. The van der Waals surface area contributed by atoms with Gasteiger partial charge in [0.05, 0.1) is 0 Å². The third-order valence-electron chi connectivity index (χ3n) is 5.27. The number of benzene rings is 2. The van der Waals surface area contributed by atoms with Gasteiger partial charge in [-0.1, -0.05) is 56.3 Å². The summed E-state index contributed by atoms with van der Waals surface area (Å²) < 4.78 is 0. The summed E-state index contributed by atoms with van der Waals surface area (Å²) >= 11 is 0. The first kappa shape index (κ1) is 13.6. The molecule has 0 bridgehead atoms. The van der Waals surface area contributed by atoms with Crippen molar-refractivity contribution in [1.29, 1.82) is 0 Å². The molecule has 1 heteroatoms. The van der Waals surface area contributed by atoms with E-state index in [2.05, 4.69) is 75.2 Å². The van der Waals surface area contributed by atoms with Crippen molar-refractivity contribution in [1.82, 2.24) is 4.90 Å². The molecule has 20 heavy (non-hydrogen) atoms. The van der Waals surface area contributed by atoms with Crippen molar-refractivity contribution >= 4 is 10.8 Å². The number of hydrogen-bond acceptors (Lipinski definition) is 1. The first-order valence-electron chi connectivity index (χ1n) is 7.77. The van der Waals surface area contributed by atoms with Crippen LogP contribution >= 0.6 is 0 Å². The van der Waals surface area contributed by atoms with E-state index in [0.29, 0.717) is 12.0 Å². The highest BCUT2D eigenvalue weighted by molar-refractivity contribution is 5.87. The van der Waals surface area contributed by atoms with Crippen molar-refractivity contribution in [3.05, 3.63) is 48.0 Å². The fourth-order valence-corrected chi connectivity index (χ4v) is 3.40. The Bertz CT molecular complexity index is 605. The van der Waals surface area contributed by atoms with E-state index in [9.17, 15) is 0 Å². The summed E-state index contributed by atoms with van der Waals surface area (Å²) in [5, 5.41) is 2.79. The standard InChI is InChI=1S/C19H25N/c1-14(2)15(3)20(4)19(12-13-19)18-11-7-9-16-8-5-6-10-17(16)18/h5-11,14-15H,12-13H2,1-4H3. The van der Waals surface area contributed by atoms with E-state index in [0.717, 1.165) is 0 Å². The van der Waals surface area contributed by atoms with Crippen LogP contribution in [-0.2, 0) is 5.54 Å². The zero-order chi connectivity index (χ0) is 14.3. The molecule has 1 saturated carbocycles. The lowest BCUT2D eigenvalue weighted by atomic mass is 9.93. The van der Waals surface area contributed by atoms with Crippen molar-refractivity contribution < 1.29 is 0 Å². The predicted molar refractivity (Wildman–Crippen MR) is 86.9 cm³/mol. The second-order valence-corrected chi connectivity index (χ2v) is 6.65. The van der Waals surface area contributed by atoms with Gasteiger partial charge in [-0.05, 0) is 49.1 Å². The minimum Gasteiger partial charge on any atom is -0.294 e. The molecule has 2 aromatic carbocycles. The summed E-state index contributed by atoms with van der Waals surface area (Å²) in [4.78, 5) is 2.61. The molecule has 0 radical (unpaired) electrons. The zero-order valence-corrected chi connectivity index (χ0v) is 13.1. The Labute approximate surface area is 122 Å². The van der Waals surface area contributed by atoms with Gasteiger partial charge in [0.25, 0.3) is 0 Å². The quantitative estimate of drug-likeness (QED) is 0.768. The Morgan fingerprint density at radius 2 is 1.60 bits per heavy atom. The average Bonchev–Trinajstić information content (AvgIpc) is 3.26. The molecule has 0 saturated heterocycles. The molecule has 0 spiro atoms. The van der Waals surface area contributed by atoms with E-state index in [4.69, 9.17) is 0 Å². The largest absolute Gasteiger partial charge is 0.294 e. The number of hydrogen-bond donors (Lipinski definition) is 0. The molecule has 1 unspecified atom stereocenters. The second kappa shape index (κ2) is 4.89. The zero-order valence-electron chi connectivity index (χ0n) is 13.1.